The molecule has 1 aliphatic rings. The Morgan fingerprint density at radius 2 is 2.12 bits per heavy atom. The van der Waals surface area contributed by atoms with Crippen LogP contribution in [0.4, 0.5) is 11.4 Å². The van der Waals surface area contributed by atoms with Gasteiger partial charge >= 0.3 is 0 Å². The first-order chi connectivity index (χ1) is 7.58. The second-order valence-electron chi connectivity index (χ2n) is 5.19. The van der Waals surface area contributed by atoms with E-state index in [-0.39, 0.29) is 0 Å². The van der Waals surface area contributed by atoms with Crippen molar-refractivity contribution in [2.75, 3.05) is 23.8 Å². The van der Waals surface area contributed by atoms with Crippen LogP contribution in [0.2, 0.25) is 0 Å². The third-order valence-corrected chi connectivity index (χ3v) is 3.40. The lowest BCUT2D eigenvalue weighted by Crippen LogP contribution is -2.19. The molecule has 0 saturated carbocycles. The van der Waals surface area contributed by atoms with E-state index >= 15 is 0 Å². The normalized spacial score (nSPS) is 20.3. The van der Waals surface area contributed by atoms with E-state index in [0.717, 1.165) is 6.54 Å². The molecule has 0 aromatic heterocycles. The molecular formula is C14H22N2. The van der Waals surface area contributed by atoms with E-state index in [2.05, 4.69) is 56.2 Å². The van der Waals surface area contributed by atoms with Crippen LogP contribution in [0.1, 0.15) is 38.7 Å². The number of hydrogen-bond acceptors (Lipinski definition) is 2. The van der Waals surface area contributed by atoms with E-state index in [0.29, 0.717) is 12.0 Å². The minimum atomic E-state index is 0.561. The molecule has 1 aliphatic heterocycles. The summed E-state index contributed by atoms with van der Waals surface area (Å²) in [6.07, 6.45) is 1.20. The molecule has 0 radical (unpaired) electrons. The number of fused-ring (bicyclic) bond motifs is 1. The highest BCUT2D eigenvalue weighted by atomic mass is 15.1. The molecular weight excluding hydrogens is 196 g/mol. The molecule has 2 rings (SSSR count). The molecule has 1 atom stereocenters. The highest BCUT2D eigenvalue weighted by Gasteiger charge is 2.16. The van der Waals surface area contributed by atoms with Gasteiger partial charge < -0.3 is 10.2 Å². The van der Waals surface area contributed by atoms with E-state index in [1.807, 2.05) is 0 Å². The van der Waals surface area contributed by atoms with Gasteiger partial charge in [-0.15, -0.1) is 0 Å². The zero-order valence-corrected chi connectivity index (χ0v) is 10.7. The van der Waals surface area contributed by atoms with Crippen LogP contribution in [0.5, 0.6) is 0 Å². The first-order valence-electron chi connectivity index (χ1n) is 6.19. The molecule has 0 fully saturated rings. The molecule has 1 aromatic rings. The zero-order chi connectivity index (χ0) is 11.7. The third kappa shape index (κ3) is 2.16. The fraction of sp³-hybridized carbons (Fsp3) is 0.571. The molecule has 0 saturated heterocycles. The summed E-state index contributed by atoms with van der Waals surface area (Å²) in [7, 11) is 2.17. The van der Waals surface area contributed by atoms with E-state index in [9.17, 15) is 0 Å². The van der Waals surface area contributed by atoms with E-state index in [4.69, 9.17) is 0 Å². The SMILES string of the molecule is CC1CCN(C)c2ccc(C(C)C)cc2N1. The summed E-state index contributed by atoms with van der Waals surface area (Å²) in [6, 6.07) is 7.36. The Bertz CT molecular complexity index is 371. The molecule has 88 valence electrons. The van der Waals surface area contributed by atoms with Crippen molar-refractivity contribution in [3.05, 3.63) is 23.8 Å². The Morgan fingerprint density at radius 1 is 1.38 bits per heavy atom. The lowest BCUT2D eigenvalue weighted by atomic mass is 10.0. The maximum absolute atomic E-state index is 3.61. The van der Waals surface area contributed by atoms with Gasteiger partial charge in [-0.3, -0.25) is 0 Å². The van der Waals surface area contributed by atoms with Crippen LogP contribution in [0.15, 0.2) is 18.2 Å². The second-order valence-corrected chi connectivity index (χ2v) is 5.19. The maximum Gasteiger partial charge on any atom is 0.0599 e. The summed E-state index contributed by atoms with van der Waals surface area (Å²) in [4.78, 5) is 2.34. The predicted molar refractivity (Wildman–Crippen MR) is 71.5 cm³/mol. The minimum Gasteiger partial charge on any atom is -0.381 e. The topological polar surface area (TPSA) is 15.3 Å². The third-order valence-electron chi connectivity index (χ3n) is 3.40. The summed E-state index contributed by atoms with van der Waals surface area (Å²) in [5.41, 5.74) is 4.03. The van der Waals surface area contributed by atoms with E-state index in [1.54, 1.807) is 0 Å². The van der Waals surface area contributed by atoms with Gasteiger partial charge in [0.05, 0.1) is 11.4 Å². The van der Waals surface area contributed by atoms with Gasteiger partial charge in [0.25, 0.3) is 0 Å². The van der Waals surface area contributed by atoms with Gasteiger partial charge in [-0.05, 0) is 37.0 Å². The van der Waals surface area contributed by atoms with Crippen LogP contribution < -0.4 is 10.2 Å². The number of rotatable bonds is 1. The molecule has 2 heteroatoms. The van der Waals surface area contributed by atoms with Gasteiger partial charge in [0.1, 0.15) is 0 Å². The first-order valence-corrected chi connectivity index (χ1v) is 6.19. The Balaban J connectivity index is 2.39. The van der Waals surface area contributed by atoms with Crippen LogP contribution in [-0.4, -0.2) is 19.6 Å². The average Bonchev–Trinajstić information content (AvgIpc) is 2.38. The monoisotopic (exact) mass is 218 g/mol. The van der Waals surface area contributed by atoms with Crippen molar-refractivity contribution in [3.8, 4) is 0 Å². The lowest BCUT2D eigenvalue weighted by molar-refractivity contribution is 0.711. The Labute approximate surface area is 98.7 Å². The summed E-state index contributed by atoms with van der Waals surface area (Å²) in [6.45, 7) is 7.87. The van der Waals surface area contributed by atoms with Crippen LogP contribution in [0.25, 0.3) is 0 Å². The highest BCUT2D eigenvalue weighted by Crippen LogP contribution is 2.32. The first kappa shape index (κ1) is 11.3. The van der Waals surface area contributed by atoms with Gasteiger partial charge in [-0.25, -0.2) is 0 Å². The number of hydrogen-bond donors (Lipinski definition) is 1. The van der Waals surface area contributed by atoms with Crippen molar-refractivity contribution in [1.82, 2.24) is 0 Å². The molecule has 0 bridgehead atoms. The summed E-state index contributed by atoms with van der Waals surface area (Å²) >= 11 is 0. The summed E-state index contributed by atoms with van der Waals surface area (Å²) < 4.78 is 0. The van der Waals surface area contributed by atoms with Gasteiger partial charge in [0.15, 0.2) is 0 Å². The number of anilines is 2. The van der Waals surface area contributed by atoms with Crippen molar-refractivity contribution in [1.29, 1.82) is 0 Å². The highest BCUT2D eigenvalue weighted by molar-refractivity contribution is 5.72. The molecule has 0 amide bonds. The Hall–Kier alpha value is -1.18. The van der Waals surface area contributed by atoms with Crippen LogP contribution >= 0.6 is 0 Å². The fourth-order valence-electron chi connectivity index (χ4n) is 2.21. The Kier molecular flexibility index (Phi) is 3.08. The van der Waals surface area contributed by atoms with Gasteiger partial charge in [0.2, 0.25) is 0 Å². The number of nitrogens with one attached hydrogen (secondary N) is 1. The molecule has 16 heavy (non-hydrogen) atoms. The quantitative estimate of drug-likeness (QED) is 0.776. The summed E-state index contributed by atoms with van der Waals surface area (Å²) in [5.74, 6) is 0.593. The van der Waals surface area contributed by atoms with Crippen molar-refractivity contribution in [2.24, 2.45) is 0 Å². The number of benzene rings is 1. The molecule has 1 aromatic carbocycles. The second kappa shape index (κ2) is 4.36. The largest absolute Gasteiger partial charge is 0.381 e. The molecule has 2 nitrogen and oxygen atoms in total. The lowest BCUT2D eigenvalue weighted by Gasteiger charge is -2.20. The van der Waals surface area contributed by atoms with Gasteiger partial charge in [-0.2, -0.15) is 0 Å². The minimum absolute atomic E-state index is 0.561. The van der Waals surface area contributed by atoms with E-state index < -0.39 is 0 Å². The molecule has 1 unspecified atom stereocenters. The molecule has 0 aliphatic carbocycles. The van der Waals surface area contributed by atoms with Gasteiger partial charge in [-0.1, -0.05) is 19.9 Å². The van der Waals surface area contributed by atoms with Gasteiger partial charge in [0, 0.05) is 19.6 Å². The van der Waals surface area contributed by atoms with E-state index in [1.165, 1.54) is 23.4 Å². The maximum atomic E-state index is 3.61. The smallest absolute Gasteiger partial charge is 0.0599 e. The molecule has 1 N–H and O–H groups in total. The van der Waals surface area contributed by atoms with Crippen LogP contribution in [-0.2, 0) is 0 Å². The fourth-order valence-corrected chi connectivity index (χ4v) is 2.21. The predicted octanol–water partition coefficient (Wildman–Crippen LogP) is 3.45. The van der Waals surface area contributed by atoms with Crippen molar-refractivity contribution in [3.63, 3.8) is 0 Å². The van der Waals surface area contributed by atoms with Crippen LogP contribution in [0.3, 0.4) is 0 Å². The van der Waals surface area contributed by atoms with Crippen molar-refractivity contribution in [2.45, 2.75) is 39.2 Å². The average molecular weight is 218 g/mol. The number of nitrogens with zero attached hydrogens (tertiary/aromatic N) is 1. The molecule has 0 spiro atoms. The zero-order valence-electron chi connectivity index (χ0n) is 10.7. The summed E-state index contributed by atoms with van der Waals surface area (Å²) in [5, 5.41) is 3.61. The van der Waals surface area contributed by atoms with Crippen molar-refractivity contribution >= 4 is 11.4 Å². The van der Waals surface area contributed by atoms with Crippen LogP contribution in [0, 0.1) is 0 Å². The molecule has 1 heterocycles. The standard InChI is InChI=1S/C14H22N2/c1-10(2)12-5-6-14-13(9-12)15-11(3)7-8-16(14)4/h5-6,9-11,15H,7-8H2,1-4H3. The Morgan fingerprint density at radius 3 is 2.81 bits per heavy atom. The van der Waals surface area contributed by atoms with Crippen molar-refractivity contribution < 1.29 is 0 Å².